The highest BCUT2D eigenvalue weighted by Gasteiger charge is 2.33. The standard InChI is InChI=1S/C19H11F3N4O/c20-19(21,22)17-10-24-26-16(9-23-18(26)25-17)13-6-3-5-12(8-13)15-7-2-1-4-14(15)11-27/h1-11H. The van der Waals surface area contributed by atoms with E-state index in [0.717, 1.165) is 17.4 Å². The van der Waals surface area contributed by atoms with Gasteiger partial charge in [0.25, 0.3) is 5.78 Å². The molecule has 0 fully saturated rings. The molecule has 0 aliphatic carbocycles. The second-order valence-corrected chi connectivity index (χ2v) is 5.78. The lowest BCUT2D eigenvalue weighted by Crippen LogP contribution is -2.11. The molecule has 134 valence electrons. The average Bonchev–Trinajstić information content (AvgIpc) is 3.10. The fourth-order valence-electron chi connectivity index (χ4n) is 2.82. The van der Waals surface area contributed by atoms with Crippen LogP contribution in [0.5, 0.6) is 0 Å². The maximum atomic E-state index is 12.8. The number of hydrogen-bond donors (Lipinski definition) is 0. The van der Waals surface area contributed by atoms with Crippen LogP contribution >= 0.6 is 0 Å². The van der Waals surface area contributed by atoms with Crippen LogP contribution < -0.4 is 0 Å². The van der Waals surface area contributed by atoms with Gasteiger partial charge in [0.2, 0.25) is 0 Å². The summed E-state index contributed by atoms with van der Waals surface area (Å²) < 4.78 is 39.6. The molecule has 2 heterocycles. The number of alkyl halides is 3. The quantitative estimate of drug-likeness (QED) is 0.506. The highest BCUT2D eigenvalue weighted by molar-refractivity contribution is 5.88. The van der Waals surface area contributed by atoms with Crippen LogP contribution in [0.2, 0.25) is 0 Å². The molecule has 0 N–H and O–H groups in total. The van der Waals surface area contributed by atoms with E-state index in [1.54, 1.807) is 24.3 Å². The molecule has 0 radical (unpaired) electrons. The fraction of sp³-hybridized carbons (Fsp3) is 0.0526. The van der Waals surface area contributed by atoms with Crippen LogP contribution in [0.1, 0.15) is 16.1 Å². The van der Waals surface area contributed by atoms with Crippen molar-refractivity contribution in [1.29, 1.82) is 0 Å². The van der Waals surface area contributed by atoms with Crippen molar-refractivity contribution in [3.8, 4) is 22.4 Å². The zero-order valence-electron chi connectivity index (χ0n) is 13.7. The summed E-state index contributed by atoms with van der Waals surface area (Å²) in [4.78, 5) is 18.7. The highest BCUT2D eigenvalue weighted by Crippen LogP contribution is 2.30. The van der Waals surface area contributed by atoms with Gasteiger partial charge in [-0.2, -0.15) is 22.8 Å². The molecule has 2 aromatic carbocycles. The lowest BCUT2D eigenvalue weighted by atomic mass is 9.98. The summed E-state index contributed by atoms with van der Waals surface area (Å²) >= 11 is 0. The number of nitrogens with zero attached hydrogens (tertiary/aromatic N) is 4. The molecule has 0 aliphatic heterocycles. The van der Waals surface area contributed by atoms with Gasteiger partial charge in [-0.1, -0.05) is 42.5 Å². The van der Waals surface area contributed by atoms with Gasteiger partial charge in [0.1, 0.15) is 0 Å². The van der Waals surface area contributed by atoms with Gasteiger partial charge in [0.15, 0.2) is 12.0 Å². The number of carbonyl (C=O) groups excluding carboxylic acids is 1. The van der Waals surface area contributed by atoms with E-state index >= 15 is 0 Å². The van der Waals surface area contributed by atoms with Gasteiger partial charge in [-0.25, -0.2) is 9.97 Å². The van der Waals surface area contributed by atoms with E-state index in [4.69, 9.17) is 0 Å². The zero-order chi connectivity index (χ0) is 19.0. The second-order valence-electron chi connectivity index (χ2n) is 5.78. The number of hydrogen-bond acceptors (Lipinski definition) is 4. The van der Waals surface area contributed by atoms with Crippen LogP contribution in [0, 0.1) is 0 Å². The highest BCUT2D eigenvalue weighted by atomic mass is 19.4. The molecule has 4 aromatic rings. The first kappa shape index (κ1) is 16.9. The van der Waals surface area contributed by atoms with Crippen molar-refractivity contribution in [2.24, 2.45) is 0 Å². The van der Waals surface area contributed by atoms with Crippen molar-refractivity contribution in [3.63, 3.8) is 0 Å². The Morgan fingerprint density at radius 1 is 0.963 bits per heavy atom. The smallest absolute Gasteiger partial charge is 0.298 e. The van der Waals surface area contributed by atoms with E-state index in [0.29, 0.717) is 23.0 Å². The minimum Gasteiger partial charge on any atom is -0.298 e. The molecule has 5 nitrogen and oxygen atoms in total. The number of fused-ring (bicyclic) bond motifs is 1. The lowest BCUT2D eigenvalue weighted by Gasteiger charge is -2.08. The minimum atomic E-state index is -4.58. The molecule has 0 bridgehead atoms. The van der Waals surface area contributed by atoms with Crippen LogP contribution in [0.3, 0.4) is 0 Å². The summed E-state index contributed by atoms with van der Waals surface area (Å²) in [6.45, 7) is 0. The molecule has 0 saturated carbocycles. The molecule has 8 heteroatoms. The normalized spacial score (nSPS) is 11.7. The van der Waals surface area contributed by atoms with E-state index in [1.807, 2.05) is 24.3 Å². The first-order chi connectivity index (χ1) is 13.0. The lowest BCUT2D eigenvalue weighted by molar-refractivity contribution is -0.141. The summed E-state index contributed by atoms with van der Waals surface area (Å²) in [5, 5.41) is 3.84. The monoisotopic (exact) mass is 368 g/mol. The van der Waals surface area contributed by atoms with Gasteiger partial charge in [-0.15, -0.1) is 0 Å². The predicted octanol–water partition coefficient (Wildman–Crippen LogP) is 4.29. The third kappa shape index (κ3) is 3.05. The van der Waals surface area contributed by atoms with Gasteiger partial charge in [0.05, 0.1) is 18.1 Å². The molecule has 4 rings (SSSR count). The number of carbonyl (C=O) groups is 1. The van der Waals surface area contributed by atoms with Crippen molar-refractivity contribution < 1.29 is 18.0 Å². The first-order valence-corrected chi connectivity index (χ1v) is 7.90. The third-order valence-electron chi connectivity index (χ3n) is 4.08. The minimum absolute atomic E-state index is 0.140. The summed E-state index contributed by atoms with van der Waals surface area (Å²) in [6.07, 6.45) is -1.72. The Kier molecular flexibility index (Phi) is 3.95. The van der Waals surface area contributed by atoms with E-state index in [2.05, 4.69) is 15.1 Å². The molecule has 0 saturated heterocycles. The van der Waals surface area contributed by atoms with E-state index in [-0.39, 0.29) is 5.78 Å². The van der Waals surface area contributed by atoms with Crippen molar-refractivity contribution >= 4 is 12.1 Å². The van der Waals surface area contributed by atoms with Crippen LogP contribution in [-0.2, 0) is 6.18 Å². The average molecular weight is 368 g/mol. The topological polar surface area (TPSA) is 60.2 Å². The van der Waals surface area contributed by atoms with Gasteiger partial charge in [-0.05, 0) is 17.2 Å². The molecule has 0 atom stereocenters. The van der Waals surface area contributed by atoms with Crippen LogP contribution in [-0.4, -0.2) is 25.9 Å². The number of rotatable bonds is 3. The van der Waals surface area contributed by atoms with Crippen LogP contribution in [0.4, 0.5) is 13.2 Å². The summed E-state index contributed by atoms with van der Waals surface area (Å²) in [7, 11) is 0. The first-order valence-electron chi connectivity index (χ1n) is 7.90. The van der Waals surface area contributed by atoms with E-state index < -0.39 is 11.9 Å². The van der Waals surface area contributed by atoms with Gasteiger partial charge < -0.3 is 0 Å². The fourth-order valence-corrected chi connectivity index (χ4v) is 2.82. The van der Waals surface area contributed by atoms with Gasteiger partial charge in [0, 0.05) is 11.1 Å². The Morgan fingerprint density at radius 3 is 2.52 bits per heavy atom. The van der Waals surface area contributed by atoms with Crippen LogP contribution in [0.15, 0.2) is 60.9 Å². The van der Waals surface area contributed by atoms with Crippen molar-refractivity contribution in [2.45, 2.75) is 6.18 Å². The molecule has 0 aliphatic rings. The van der Waals surface area contributed by atoms with E-state index in [1.165, 1.54) is 10.7 Å². The summed E-state index contributed by atoms with van der Waals surface area (Å²) in [5.74, 6) is -0.140. The molecule has 27 heavy (non-hydrogen) atoms. The Labute approximate surface area is 151 Å². The molecule has 2 aromatic heterocycles. The van der Waals surface area contributed by atoms with Crippen molar-refractivity contribution in [1.82, 2.24) is 19.6 Å². The van der Waals surface area contributed by atoms with Gasteiger partial charge >= 0.3 is 6.18 Å². The summed E-state index contributed by atoms with van der Waals surface area (Å²) in [5.41, 5.74) is 2.19. The van der Waals surface area contributed by atoms with E-state index in [9.17, 15) is 18.0 Å². The SMILES string of the molecule is O=Cc1ccccc1-c1cccc(-c2cnc3nc(C(F)(F)F)cnn23)c1. The van der Waals surface area contributed by atoms with Crippen LogP contribution in [0.25, 0.3) is 28.2 Å². The van der Waals surface area contributed by atoms with Gasteiger partial charge in [-0.3, -0.25) is 4.79 Å². The third-order valence-corrected chi connectivity index (χ3v) is 4.08. The number of imidazole rings is 1. The second kappa shape index (κ2) is 6.31. The number of benzene rings is 2. The molecule has 0 spiro atoms. The number of halogens is 3. The Bertz CT molecular complexity index is 1150. The Hall–Kier alpha value is -3.55. The predicted molar refractivity (Wildman–Crippen MR) is 92.0 cm³/mol. The van der Waals surface area contributed by atoms with Crippen molar-refractivity contribution in [3.05, 3.63) is 72.2 Å². The molecule has 0 amide bonds. The molecular weight excluding hydrogens is 357 g/mol. The zero-order valence-corrected chi connectivity index (χ0v) is 13.7. The molecular formula is C19H11F3N4O. The Morgan fingerprint density at radius 2 is 1.74 bits per heavy atom. The Balaban J connectivity index is 1.82. The molecule has 0 unspecified atom stereocenters. The largest absolute Gasteiger partial charge is 0.435 e. The van der Waals surface area contributed by atoms with Crippen molar-refractivity contribution in [2.75, 3.05) is 0 Å². The number of aromatic nitrogens is 4. The maximum absolute atomic E-state index is 12.8. The number of aldehydes is 1. The maximum Gasteiger partial charge on any atom is 0.435 e. The summed E-state index contributed by atoms with van der Waals surface area (Å²) in [6, 6.07) is 14.4.